The maximum atomic E-state index is 12.6. The molecule has 0 saturated heterocycles. The molecule has 2 heterocycles. The van der Waals surface area contributed by atoms with Gasteiger partial charge in [0.25, 0.3) is 5.91 Å². The third-order valence-electron chi connectivity index (χ3n) is 4.92. The number of aryl methyl sites for hydroxylation is 3. The first-order chi connectivity index (χ1) is 14.8. The SMILES string of the molecule is CNC(=O)NC(=O)[C@@H](OC(=O)CCc1c(C)nc2cc(C)nn2c1C)c1ccccc1. The number of imide groups is 1. The van der Waals surface area contributed by atoms with Crippen LogP contribution in [0.4, 0.5) is 4.79 Å². The molecule has 162 valence electrons. The molecule has 0 aliphatic carbocycles. The van der Waals surface area contributed by atoms with Crippen molar-refractivity contribution in [1.82, 2.24) is 25.2 Å². The number of nitrogens with zero attached hydrogens (tertiary/aromatic N) is 3. The Morgan fingerprint density at radius 1 is 1.13 bits per heavy atom. The van der Waals surface area contributed by atoms with Crippen LogP contribution in [0, 0.1) is 20.8 Å². The minimum Gasteiger partial charge on any atom is -0.447 e. The fraction of sp³-hybridized carbons (Fsp3) is 0.318. The van der Waals surface area contributed by atoms with Gasteiger partial charge in [0, 0.05) is 36.5 Å². The van der Waals surface area contributed by atoms with Crippen molar-refractivity contribution in [3.63, 3.8) is 0 Å². The van der Waals surface area contributed by atoms with E-state index >= 15 is 0 Å². The summed E-state index contributed by atoms with van der Waals surface area (Å²) in [5.41, 5.74) is 4.71. The first-order valence-corrected chi connectivity index (χ1v) is 9.89. The van der Waals surface area contributed by atoms with E-state index in [2.05, 4.69) is 20.7 Å². The van der Waals surface area contributed by atoms with Crippen molar-refractivity contribution < 1.29 is 19.1 Å². The average molecular weight is 423 g/mol. The summed E-state index contributed by atoms with van der Waals surface area (Å²) in [6.07, 6.45) is -0.801. The summed E-state index contributed by atoms with van der Waals surface area (Å²) in [5, 5.41) is 8.90. The van der Waals surface area contributed by atoms with Crippen molar-refractivity contribution in [3.05, 3.63) is 64.6 Å². The highest BCUT2D eigenvalue weighted by molar-refractivity contribution is 5.97. The summed E-state index contributed by atoms with van der Waals surface area (Å²) >= 11 is 0. The number of rotatable bonds is 6. The van der Waals surface area contributed by atoms with Gasteiger partial charge in [-0.25, -0.2) is 14.3 Å². The third-order valence-corrected chi connectivity index (χ3v) is 4.92. The van der Waals surface area contributed by atoms with Crippen LogP contribution in [-0.4, -0.2) is 39.6 Å². The van der Waals surface area contributed by atoms with Crippen LogP contribution >= 0.6 is 0 Å². The second-order valence-corrected chi connectivity index (χ2v) is 7.17. The van der Waals surface area contributed by atoms with Gasteiger partial charge < -0.3 is 10.1 Å². The number of ether oxygens (including phenoxy) is 1. The van der Waals surface area contributed by atoms with Gasteiger partial charge in [-0.2, -0.15) is 5.10 Å². The van der Waals surface area contributed by atoms with Crippen molar-refractivity contribution in [2.75, 3.05) is 7.05 Å². The smallest absolute Gasteiger partial charge is 0.321 e. The van der Waals surface area contributed by atoms with Gasteiger partial charge >= 0.3 is 12.0 Å². The lowest BCUT2D eigenvalue weighted by molar-refractivity contribution is -0.156. The monoisotopic (exact) mass is 423 g/mol. The Morgan fingerprint density at radius 3 is 2.52 bits per heavy atom. The van der Waals surface area contributed by atoms with Gasteiger partial charge in [0.2, 0.25) is 6.10 Å². The molecule has 0 radical (unpaired) electrons. The molecule has 3 rings (SSSR count). The van der Waals surface area contributed by atoms with Gasteiger partial charge in [0.05, 0.1) is 5.69 Å². The Bertz CT molecular complexity index is 1120. The Kier molecular flexibility index (Phi) is 6.64. The molecule has 0 saturated carbocycles. The molecule has 0 fully saturated rings. The van der Waals surface area contributed by atoms with E-state index in [-0.39, 0.29) is 6.42 Å². The highest BCUT2D eigenvalue weighted by atomic mass is 16.5. The zero-order valence-corrected chi connectivity index (χ0v) is 17.9. The lowest BCUT2D eigenvalue weighted by Crippen LogP contribution is -2.41. The van der Waals surface area contributed by atoms with Gasteiger partial charge in [-0.15, -0.1) is 0 Å². The van der Waals surface area contributed by atoms with Gasteiger partial charge in [-0.1, -0.05) is 30.3 Å². The fourth-order valence-electron chi connectivity index (χ4n) is 3.36. The van der Waals surface area contributed by atoms with Crippen LogP contribution < -0.4 is 10.6 Å². The topological polar surface area (TPSA) is 115 Å². The molecule has 0 bridgehead atoms. The lowest BCUT2D eigenvalue weighted by atomic mass is 10.1. The standard InChI is InChI=1S/C22H25N5O4/c1-13-12-18-24-14(2)17(15(3)27(18)26-13)10-11-19(28)31-20(16-8-6-5-7-9-16)21(29)25-22(30)23-4/h5-9,12,20H,10-11H2,1-4H3,(H2,23,25,29,30)/t20-/m0/s1. The zero-order valence-electron chi connectivity index (χ0n) is 17.9. The average Bonchev–Trinajstić information content (AvgIpc) is 3.12. The number of esters is 1. The number of nitrogens with one attached hydrogen (secondary N) is 2. The van der Waals surface area contributed by atoms with Crippen LogP contribution in [0.25, 0.3) is 5.65 Å². The number of fused-ring (bicyclic) bond motifs is 1. The second kappa shape index (κ2) is 9.38. The van der Waals surface area contributed by atoms with E-state index in [4.69, 9.17) is 4.74 Å². The van der Waals surface area contributed by atoms with Crippen LogP contribution in [-0.2, 0) is 20.7 Å². The molecule has 0 aliphatic heterocycles. The summed E-state index contributed by atoms with van der Waals surface area (Å²) in [5.74, 6) is -1.28. The predicted octanol–water partition coefficient (Wildman–Crippen LogP) is 2.33. The quantitative estimate of drug-likeness (QED) is 0.588. The Morgan fingerprint density at radius 2 is 1.84 bits per heavy atom. The minimum atomic E-state index is -1.23. The molecular weight excluding hydrogens is 398 g/mol. The van der Waals surface area contributed by atoms with Crippen molar-refractivity contribution >= 4 is 23.6 Å². The molecule has 0 unspecified atom stereocenters. The van der Waals surface area contributed by atoms with Gasteiger partial charge in [-0.05, 0) is 32.8 Å². The first kappa shape index (κ1) is 21.9. The fourth-order valence-corrected chi connectivity index (χ4v) is 3.36. The molecule has 2 aromatic heterocycles. The van der Waals surface area contributed by atoms with Crippen LogP contribution in [0.1, 0.15) is 40.7 Å². The van der Waals surface area contributed by atoms with Gasteiger partial charge in [0.1, 0.15) is 0 Å². The van der Waals surface area contributed by atoms with E-state index in [0.717, 1.165) is 28.3 Å². The summed E-state index contributed by atoms with van der Waals surface area (Å²) in [6.45, 7) is 5.71. The Labute approximate surface area is 179 Å². The Hall–Kier alpha value is -3.75. The van der Waals surface area contributed by atoms with Gasteiger partial charge in [-0.3, -0.25) is 14.9 Å². The molecule has 9 nitrogen and oxygen atoms in total. The second-order valence-electron chi connectivity index (χ2n) is 7.17. The van der Waals surface area contributed by atoms with Crippen molar-refractivity contribution in [2.24, 2.45) is 0 Å². The lowest BCUT2D eigenvalue weighted by Gasteiger charge is -2.18. The van der Waals surface area contributed by atoms with E-state index in [0.29, 0.717) is 12.0 Å². The first-order valence-electron chi connectivity index (χ1n) is 9.89. The van der Waals surface area contributed by atoms with Crippen LogP contribution in [0.3, 0.4) is 0 Å². The third kappa shape index (κ3) is 5.06. The van der Waals surface area contributed by atoms with Gasteiger partial charge in [0.15, 0.2) is 5.65 Å². The number of aromatic nitrogens is 3. The van der Waals surface area contributed by atoms with E-state index in [1.54, 1.807) is 34.8 Å². The normalized spacial score (nSPS) is 11.7. The van der Waals surface area contributed by atoms with Crippen LogP contribution in [0.5, 0.6) is 0 Å². The summed E-state index contributed by atoms with van der Waals surface area (Å²) < 4.78 is 7.22. The van der Waals surface area contributed by atoms with Crippen molar-refractivity contribution in [1.29, 1.82) is 0 Å². The Balaban J connectivity index is 1.75. The molecule has 1 aromatic carbocycles. The summed E-state index contributed by atoms with van der Waals surface area (Å²) in [6, 6.07) is 9.77. The van der Waals surface area contributed by atoms with Crippen LogP contribution in [0.15, 0.2) is 36.4 Å². The van der Waals surface area contributed by atoms with Crippen LogP contribution in [0.2, 0.25) is 0 Å². The number of carbonyl (C=O) groups excluding carboxylic acids is 3. The molecule has 1 atom stereocenters. The number of benzene rings is 1. The molecular formula is C22H25N5O4. The van der Waals surface area contributed by atoms with E-state index in [9.17, 15) is 14.4 Å². The number of urea groups is 1. The summed E-state index contributed by atoms with van der Waals surface area (Å²) in [7, 11) is 1.39. The number of hydrogen-bond acceptors (Lipinski definition) is 6. The highest BCUT2D eigenvalue weighted by Crippen LogP contribution is 2.21. The highest BCUT2D eigenvalue weighted by Gasteiger charge is 2.26. The zero-order chi connectivity index (χ0) is 22.5. The number of carbonyl (C=O) groups is 3. The van der Waals surface area contributed by atoms with E-state index in [1.165, 1.54) is 7.05 Å². The predicted molar refractivity (Wildman–Crippen MR) is 113 cm³/mol. The van der Waals surface area contributed by atoms with E-state index in [1.807, 2.05) is 26.8 Å². The number of amides is 3. The number of hydrogen-bond donors (Lipinski definition) is 2. The minimum absolute atomic E-state index is 0.0473. The molecule has 9 heteroatoms. The largest absolute Gasteiger partial charge is 0.447 e. The van der Waals surface area contributed by atoms with Crippen molar-refractivity contribution in [2.45, 2.75) is 39.7 Å². The van der Waals surface area contributed by atoms with E-state index < -0.39 is 24.0 Å². The molecule has 0 aliphatic rings. The summed E-state index contributed by atoms with van der Waals surface area (Å²) in [4.78, 5) is 41.2. The molecule has 31 heavy (non-hydrogen) atoms. The molecule has 3 aromatic rings. The maximum Gasteiger partial charge on any atom is 0.321 e. The van der Waals surface area contributed by atoms with Crippen molar-refractivity contribution in [3.8, 4) is 0 Å². The maximum absolute atomic E-state index is 12.6. The molecule has 3 amide bonds. The molecule has 2 N–H and O–H groups in total. The molecule has 0 spiro atoms.